The minimum absolute atomic E-state index is 0.318. The number of ether oxygens (including phenoxy) is 1. The Labute approximate surface area is 87.7 Å². The standard InChI is InChI=1S/C12H23NO/c1-5-8-13-10-9-11(14-7-3)12(10,4)6-2/h5,10-11,13H,1,6-9H2,2-4H3. The van der Waals surface area contributed by atoms with Crippen LogP contribution >= 0.6 is 0 Å². The summed E-state index contributed by atoms with van der Waals surface area (Å²) in [5.41, 5.74) is 0.318. The molecule has 0 radical (unpaired) electrons. The zero-order chi connectivity index (χ0) is 10.6. The first kappa shape index (κ1) is 11.7. The van der Waals surface area contributed by atoms with E-state index in [2.05, 4.69) is 32.7 Å². The molecule has 1 aliphatic carbocycles. The molecule has 1 saturated carbocycles. The van der Waals surface area contributed by atoms with Gasteiger partial charge in [-0.3, -0.25) is 0 Å². The van der Waals surface area contributed by atoms with Gasteiger partial charge in [-0.1, -0.05) is 19.9 Å². The smallest absolute Gasteiger partial charge is 0.0658 e. The third kappa shape index (κ3) is 2.01. The predicted molar refractivity (Wildman–Crippen MR) is 60.4 cm³/mol. The van der Waals surface area contributed by atoms with E-state index in [4.69, 9.17) is 4.74 Å². The van der Waals surface area contributed by atoms with Gasteiger partial charge >= 0.3 is 0 Å². The molecule has 1 rings (SSSR count). The molecule has 1 N–H and O–H groups in total. The van der Waals surface area contributed by atoms with Crippen LogP contribution < -0.4 is 5.32 Å². The van der Waals surface area contributed by atoms with Crippen LogP contribution in [-0.2, 0) is 4.74 Å². The van der Waals surface area contributed by atoms with Crippen molar-refractivity contribution in [3.05, 3.63) is 12.7 Å². The van der Waals surface area contributed by atoms with Gasteiger partial charge < -0.3 is 10.1 Å². The van der Waals surface area contributed by atoms with E-state index in [9.17, 15) is 0 Å². The minimum atomic E-state index is 0.318. The van der Waals surface area contributed by atoms with Crippen molar-refractivity contribution in [2.24, 2.45) is 5.41 Å². The lowest BCUT2D eigenvalue weighted by Gasteiger charge is -2.53. The van der Waals surface area contributed by atoms with Crippen molar-refractivity contribution in [1.82, 2.24) is 5.32 Å². The van der Waals surface area contributed by atoms with E-state index in [-0.39, 0.29) is 0 Å². The molecule has 14 heavy (non-hydrogen) atoms. The van der Waals surface area contributed by atoms with E-state index in [1.54, 1.807) is 0 Å². The van der Waals surface area contributed by atoms with Crippen molar-refractivity contribution in [3.8, 4) is 0 Å². The van der Waals surface area contributed by atoms with Crippen LogP contribution in [0.3, 0.4) is 0 Å². The normalized spacial score (nSPS) is 36.5. The molecule has 0 bridgehead atoms. The molecule has 0 saturated heterocycles. The second-order valence-electron chi connectivity index (χ2n) is 4.29. The topological polar surface area (TPSA) is 21.3 Å². The van der Waals surface area contributed by atoms with Gasteiger partial charge in [-0.2, -0.15) is 0 Å². The van der Waals surface area contributed by atoms with Crippen molar-refractivity contribution < 1.29 is 4.74 Å². The first-order valence-corrected chi connectivity index (χ1v) is 5.64. The molecule has 1 fully saturated rings. The number of hydrogen-bond donors (Lipinski definition) is 1. The van der Waals surface area contributed by atoms with Gasteiger partial charge in [-0.05, 0) is 19.8 Å². The molecular weight excluding hydrogens is 174 g/mol. The summed E-state index contributed by atoms with van der Waals surface area (Å²) in [4.78, 5) is 0. The maximum absolute atomic E-state index is 5.73. The largest absolute Gasteiger partial charge is 0.378 e. The van der Waals surface area contributed by atoms with Gasteiger partial charge in [0.05, 0.1) is 6.10 Å². The fourth-order valence-corrected chi connectivity index (χ4v) is 2.29. The monoisotopic (exact) mass is 197 g/mol. The number of nitrogens with one attached hydrogen (secondary N) is 1. The Bertz CT molecular complexity index is 193. The van der Waals surface area contributed by atoms with E-state index >= 15 is 0 Å². The van der Waals surface area contributed by atoms with Gasteiger partial charge in [0.1, 0.15) is 0 Å². The summed E-state index contributed by atoms with van der Waals surface area (Å²) in [6.07, 6.45) is 4.68. The summed E-state index contributed by atoms with van der Waals surface area (Å²) in [6, 6.07) is 0.599. The molecule has 3 unspecified atom stereocenters. The minimum Gasteiger partial charge on any atom is -0.378 e. The van der Waals surface area contributed by atoms with Gasteiger partial charge in [0, 0.05) is 24.6 Å². The Balaban J connectivity index is 2.45. The molecule has 82 valence electrons. The van der Waals surface area contributed by atoms with E-state index in [1.165, 1.54) is 6.42 Å². The predicted octanol–water partition coefficient (Wildman–Crippen LogP) is 2.36. The van der Waals surface area contributed by atoms with Crippen LogP contribution in [-0.4, -0.2) is 25.3 Å². The maximum Gasteiger partial charge on any atom is 0.0658 e. The number of rotatable bonds is 6. The first-order valence-electron chi connectivity index (χ1n) is 5.64. The van der Waals surface area contributed by atoms with Crippen LogP contribution in [0, 0.1) is 5.41 Å². The molecule has 0 spiro atoms. The lowest BCUT2D eigenvalue weighted by molar-refractivity contribution is -0.124. The molecule has 0 aliphatic heterocycles. The van der Waals surface area contributed by atoms with Gasteiger partial charge in [-0.25, -0.2) is 0 Å². The zero-order valence-electron chi connectivity index (χ0n) is 9.68. The second kappa shape index (κ2) is 4.94. The molecule has 0 aromatic carbocycles. The third-order valence-electron chi connectivity index (χ3n) is 3.62. The average molecular weight is 197 g/mol. The highest BCUT2D eigenvalue weighted by molar-refractivity contribution is 5.05. The highest BCUT2D eigenvalue weighted by Gasteiger charge is 2.50. The van der Waals surface area contributed by atoms with Crippen LogP contribution in [0.4, 0.5) is 0 Å². The van der Waals surface area contributed by atoms with Crippen molar-refractivity contribution in [2.75, 3.05) is 13.2 Å². The molecule has 0 aromatic rings. The fraction of sp³-hybridized carbons (Fsp3) is 0.833. The maximum atomic E-state index is 5.73. The Morgan fingerprint density at radius 1 is 1.57 bits per heavy atom. The van der Waals surface area contributed by atoms with Gasteiger partial charge in [0.25, 0.3) is 0 Å². The summed E-state index contributed by atoms with van der Waals surface area (Å²) < 4.78 is 5.73. The van der Waals surface area contributed by atoms with Crippen LogP contribution in [0.2, 0.25) is 0 Å². The molecule has 0 amide bonds. The van der Waals surface area contributed by atoms with Crippen LogP contribution in [0.25, 0.3) is 0 Å². The van der Waals surface area contributed by atoms with E-state index < -0.39 is 0 Å². The second-order valence-corrected chi connectivity index (χ2v) is 4.29. The van der Waals surface area contributed by atoms with Crippen molar-refractivity contribution in [2.45, 2.75) is 45.8 Å². The lowest BCUT2D eigenvalue weighted by Crippen LogP contribution is -2.62. The fourth-order valence-electron chi connectivity index (χ4n) is 2.29. The molecule has 2 heteroatoms. The van der Waals surface area contributed by atoms with Crippen LogP contribution in [0.1, 0.15) is 33.6 Å². The summed E-state index contributed by atoms with van der Waals surface area (Å²) in [6.45, 7) is 12.1. The SMILES string of the molecule is C=CCNC1CC(OCC)C1(C)CC. The molecule has 0 aromatic heterocycles. The molecule has 3 atom stereocenters. The van der Waals surface area contributed by atoms with Crippen molar-refractivity contribution in [1.29, 1.82) is 0 Å². The van der Waals surface area contributed by atoms with E-state index in [0.29, 0.717) is 17.6 Å². The van der Waals surface area contributed by atoms with E-state index in [0.717, 1.165) is 19.6 Å². The zero-order valence-corrected chi connectivity index (χ0v) is 9.68. The van der Waals surface area contributed by atoms with Crippen LogP contribution in [0.5, 0.6) is 0 Å². The molecule has 1 aliphatic rings. The summed E-state index contributed by atoms with van der Waals surface area (Å²) >= 11 is 0. The van der Waals surface area contributed by atoms with Crippen molar-refractivity contribution >= 4 is 0 Å². The van der Waals surface area contributed by atoms with Gasteiger partial charge in [0.2, 0.25) is 0 Å². The molecule has 0 heterocycles. The quantitative estimate of drug-likeness (QED) is 0.660. The average Bonchev–Trinajstić information content (AvgIpc) is 2.21. The van der Waals surface area contributed by atoms with Crippen LogP contribution in [0.15, 0.2) is 12.7 Å². The Kier molecular flexibility index (Phi) is 4.14. The lowest BCUT2D eigenvalue weighted by atomic mass is 9.61. The molecule has 2 nitrogen and oxygen atoms in total. The number of hydrogen-bond acceptors (Lipinski definition) is 2. The Morgan fingerprint density at radius 3 is 2.79 bits per heavy atom. The summed E-state index contributed by atoms with van der Waals surface area (Å²) in [5, 5.41) is 3.50. The summed E-state index contributed by atoms with van der Waals surface area (Å²) in [5.74, 6) is 0. The summed E-state index contributed by atoms with van der Waals surface area (Å²) in [7, 11) is 0. The first-order chi connectivity index (χ1) is 6.69. The highest BCUT2D eigenvalue weighted by Crippen LogP contribution is 2.45. The van der Waals surface area contributed by atoms with E-state index in [1.807, 2.05) is 6.08 Å². The third-order valence-corrected chi connectivity index (χ3v) is 3.62. The highest BCUT2D eigenvalue weighted by atomic mass is 16.5. The Morgan fingerprint density at radius 2 is 2.29 bits per heavy atom. The Hall–Kier alpha value is -0.340. The van der Waals surface area contributed by atoms with Crippen molar-refractivity contribution in [3.63, 3.8) is 0 Å². The van der Waals surface area contributed by atoms with Gasteiger partial charge in [-0.15, -0.1) is 6.58 Å². The van der Waals surface area contributed by atoms with Gasteiger partial charge in [0.15, 0.2) is 0 Å². The molecular formula is C12H23NO.